The summed E-state index contributed by atoms with van der Waals surface area (Å²) in [5.74, 6) is 0.996. The van der Waals surface area contributed by atoms with E-state index in [1.54, 1.807) is 0 Å². The molecule has 2 rings (SSSR count). The molecule has 1 aliphatic rings. The summed E-state index contributed by atoms with van der Waals surface area (Å²) >= 11 is 0. The van der Waals surface area contributed by atoms with E-state index in [9.17, 15) is 0 Å². The van der Waals surface area contributed by atoms with Gasteiger partial charge in [-0.1, -0.05) is 12.1 Å². The van der Waals surface area contributed by atoms with Crippen molar-refractivity contribution in [2.24, 2.45) is 0 Å². The summed E-state index contributed by atoms with van der Waals surface area (Å²) in [6.45, 7) is 4.29. The molecule has 0 N–H and O–H groups in total. The van der Waals surface area contributed by atoms with Crippen molar-refractivity contribution in [3.8, 4) is 5.75 Å². The number of hydrogen-bond acceptors (Lipinski definition) is 2. The highest BCUT2D eigenvalue weighted by Crippen LogP contribution is 2.34. The monoisotopic (exact) mass is 177 g/mol. The van der Waals surface area contributed by atoms with Crippen LogP contribution in [0.2, 0.25) is 0 Å². The third-order valence-electron chi connectivity index (χ3n) is 2.85. The second-order valence-electron chi connectivity index (χ2n) is 3.64. The number of anilines is 1. The van der Waals surface area contributed by atoms with E-state index in [-0.39, 0.29) is 6.10 Å². The van der Waals surface area contributed by atoms with Gasteiger partial charge >= 0.3 is 0 Å². The van der Waals surface area contributed by atoms with Gasteiger partial charge in [-0.05, 0) is 26.0 Å². The highest BCUT2D eigenvalue weighted by molar-refractivity contribution is 5.60. The van der Waals surface area contributed by atoms with Gasteiger partial charge in [0.2, 0.25) is 0 Å². The lowest BCUT2D eigenvalue weighted by atomic mass is 10.1. The van der Waals surface area contributed by atoms with E-state index in [2.05, 4.69) is 31.9 Å². The minimum absolute atomic E-state index is 0.264. The first kappa shape index (κ1) is 8.42. The molecule has 0 amide bonds. The molecule has 0 fully saturated rings. The molecule has 13 heavy (non-hydrogen) atoms. The second-order valence-corrected chi connectivity index (χ2v) is 3.64. The lowest BCUT2D eigenvalue weighted by Crippen LogP contribution is -2.44. The molecule has 0 aromatic heterocycles. The molecule has 1 heterocycles. The lowest BCUT2D eigenvalue weighted by Gasteiger charge is -2.38. The van der Waals surface area contributed by atoms with Crippen LogP contribution in [0, 0.1) is 0 Å². The quantitative estimate of drug-likeness (QED) is 0.603. The number of likely N-dealkylation sites (N-methyl/N-ethyl adjacent to an activating group) is 1. The SMILES string of the molecule is CC1Oc2ccccc2N(C)C1C. The van der Waals surface area contributed by atoms with Crippen LogP contribution in [0.3, 0.4) is 0 Å². The zero-order chi connectivity index (χ0) is 9.42. The van der Waals surface area contributed by atoms with Gasteiger partial charge in [0.05, 0.1) is 11.7 Å². The van der Waals surface area contributed by atoms with E-state index in [0.29, 0.717) is 6.04 Å². The van der Waals surface area contributed by atoms with Gasteiger partial charge in [-0.3, -0.25) is 0 Å². The summed E-state index contributed by atoms with van der Waals surface area (Å²) in [5.41, 5.74) is 1.19. The summed E-state index contributed by atoms with van der Waals surface area (Å²) in [6.07, 6.45) is 0.264. The van der Waals surface area contributed by atoms with Crippen molar-refractivity contribution in [3.05, 3.63) is 24.3 Å². The number of benzene rings is 1. The highest BCUT2D eigenvalue weighted by Gasteiger charge is 2.26. The Balaban J connectivity index is 2.43. The zero-order valence-electron chi connectivity index (χ0n) is 8.32. The second kappa shape index (κ2) is 2.95. The van der Waals surface area contributed by atoms with E-state index in [1.165, 1.54) is 5.69 Å². The molecule has 0 aliphatic carbocycles. The van der Waals surface area contributed by atoms with Crippen molar-refractivity contribution in [1.82, 2.24) is 0 Å². The Morgan fingerprint density at radius 1 is 1.23 bits per heavy atom. The van der Waals surface area contributed by atoms with Crippen molar-refractivity contribution in [2.75, 3.05) is 11.9 Å². The van der Waals surface area contributed by atoms with Gasteiger partial charge in [-0.15, -0.1) is 0 Å². The normalized spacial score (nSPS) is 26.5. The minimum atomic E-state index is 0.264. The third kappa shape index (κ3) is 1.26. The average Bonchev–Trinajstić information content (AvgIpc) is 2.15. The van der Waals surface area contributed by atoms with Gasteiger partial charge in [0.1, 0.15) is 11.9 Å². The van der Waals surface area contributed by atoms with Gasteiger partial charge in [-0.25, -0.2) is 0 Å². The maximum absolute atomic E-state index is 5.77. The van der Waals surface area contributed by atoms with Crippen LogP contribution in [0.1, 0.15) is 13.8 Å². The van der Waals surface area contributed by atoms with Gasteiger partial charge in [0, 0.05) is 7.05 Å². The summed E-state index contributed by atoms with van der Waals surface area (Å²) in [7, 11) is 2.11. The maximum Gasteiger partial charge on any atom is 0.143 e. The zero-order valence-corrected chi connectivity index (χ0v) is 8.32. The van der Waals surface area contributed by atoms with Crippen LogP contribution >= 0.6 is 0 Å². The minimum Gasteiger partial charge on any atom is -0.486 e. The summed E-state index contributed by atoms with van der Waals surface area (Å²) < 4.78 is 5.77. The smallest absolute Gasteiger partial charge is 0.143 e. The van der Waals surface area contributed by atoms with E-state index in [1.807, 2.05) is 18.2 Å². The highest BCUT2D eigenvalue weighted by atomic mass is 16.5. The molecule has 0 radical (unpaired) electrons. The lowest BCUT2D eigenvalue weighted by molar-refractivity contribution is 0.179. The first-order valence-corrected chi connectivity index (χ1v) is 4.68. The fourth-order valence-electron chi connectivity index (χ4n) is 1.68. The molecular weight excluding hydrogens is 162 g/mol. The van der Waals surface area contributed by atoms with Gasteiger partial charge in [0.25, 0.3) is 0 Å². The van der Waals surface area contributed by atoms with Crippen molar-refractivity contribution in [2.45, 2.75) is 26.0 Å². The molecule has 0 bridgehead atoms. The van der Waals surface area contributed by atoms with Crippen molar-refractivity contribution in [3.63, 3.8) is 0 Å². The molecule has 0 saturated carbocycles. The molecule has 1 aromatic carbocycles. The Hall–Kier alpha value is -1.18. The summed E-state index contributed by atoms with van der Waals surface area (Å²) in [6, 6.07) is 8.61. The van der Waals surface area contributed by atoms with Gasteiger partial charge in [-0.2, -0.15) is 0 Å². The number of rotatable bonds is 0. The Labute approximate surface area is 79.1 Å². The van der Waals surface area contributed by atoms with Crippen molar-refractivity contribution < 1.29 is 4.74 Å². The number of fused-ring (bicyclic) bond motifs is 1. The standard InChI is InChI=1S/C11H15NO/c1-8-9(2)13-11-7-5-4-6-10(11)12(8)3/h4-9H,1-3H3. The predicted octanol–water partition coefficient (Wildman–Crippen LogP) is 2.29. The van der Waals surface area contributed by atoms with Crippen LogP contribution < -0.4 is 9.64 Å². The Kier molecular flexibility index (Phi) is 1.91. The van der Waals surface area contributed by atoms with Crippen LogP contribution in [0.25, 0.3) is 0 Å². The topological polar surface area (TPSA) is 12.5 Å². The third-order valence-corrected chi connectivity index (χ3v) is 2.85. The van der Waals surface area contributed by atoms with Crippen LogP contribution in [-0.2, 0) is 0 Å². The van der Waals surface area contributed by atoms with E-state index in [4.69, 9.17) is 4.74 Å². The van der Waals surface area contributed by atoms with Crippen molar-refractivity contribution >= 4 is 5.69 Å². The molecule has 0 spiro atoms. The van der Waals surface area contributed by atoms with Crippen LogP contribution in [0.5, 0.6) is 5.75 Å². The van der Waals surface area contributed by atoms with Crippen molar-refractivity contribution in [1.29, 1.82) is 0 Å². The van der Waals surface area contributed by atoms with E-state index < -0.39 is 0 Å². The molecule has 0 saturated heterocycles. The van der Waals surface area contributed by atoms with E-state index >= 15 is 0 Å². The Bertz CT molecular complexity index is 311. The molecule has 2 nitrogen and oxygen atoms in total. The largest absolute Gasteiger partial charge is 0.486 e. The van der Waals surface area contributed by atoms with E-state index in [0.717, 1.165) is 5.75 Å². The Morgan fingerprint density at radius 3 is 2.69 bits per heavy atom. The van der Waals surface area contributed by atoms with Crippen LogP contribution in [0.4, 0.5) is 5.69 Å². The number of ether oxygens (including phenoxy) is 1. The number of para-hydroxylation sites is 2. The molecule has 2 atom stereocenters. The first-order valence-electron chi connectivity index (χ1n) is 4.68. The summed E-state index contributed by atoms with van der Waals surface area (Å²) in [4.78, 5) is 2.27. The van der Waals surface area contributed by atoms with Crippen LogP contribution in [-0.4, -0.2) is 19.2 Å². The Morgan fingerprint density at radius 2 is 1.92 bits per heavy atom. The molecule has 1 aromatic rings. The maximum atomic E-state index is 5.77. The molecular formula is C11H15NO. The fourth-order valence-corrected chi connectivity index (χ4v) is 1.68. The number of nitrogens with zero attached hydrogens (tertiary/aromatic N) is 1. The van der Waals surface area contributed by atoms with Gasteiger partial charge < -0.3 is 9.64 Å². The first-order chi connectivity index (χ1) is 6.20. The van der Waals surface area contributed by atoms with Crippen LogP contribution in [0.15, 0.2) is 24.3 Å². The molecule has 2 unspecified atom stereocenters. The molecule has 2 heteroatoms. The average molecular weight is 177 g/mol. The van der Waals surface area contributed by atoms with Gasteiger partial charge in [0.15, 0.2) is 0 Å². The summed E-state index contributed by atoms with van der Waals surface area (Å²) in [5, 5.41) is 0. The number of hydrogen-bond donors (Lipinski definition) is 0. The molecule has 1 aliphatic heterocycles. The predicted molar refractivity (Wildman–Crippen MR) is 54.4 cm³/mol. The fraction of sp³-hybridized carbons (Fsp3) is 0.455. The molecule has 70 valence electrons.